The quantitative estimate of drug-likeness (QED) is 0.123. The average molecular weight is 1150 g/mol. The minimum atomic E-state index is -2.11. The van der Waals surface area contributed by atoms with Crippen molar-refractivity contribution in [3.8, 4) is 39.6 Å². The Morgan fingerprint density at radius 3 is 1.93 bits per heavy atom. The number of aromatic nitrogens is 4. The van der Waals surface area contributed by atoms with E-state index in [1.807, 2.05) is 12.1 Å². The first-order valence-corrected chi connectivity index (χ1v) is 25.5. The largest absolute Gasteiger partial charge is 0.501 e. The second-order valence-electron chi connectivity index (χ2n) is 22.1. The van der Waals surface area contributed by atoms with Crippen molar-refractivity contribution in [2.75, 3.05) is 0 Å². The molecule has 0 fully saturated rings. The molecule has 9 aromatic carbocycles. The molecule has 5 nitrogen and oxygen atoms in total. The molecule has 0 aliphatic heterocycles. The summed E-state index contributed by atoms with van der Waals surface area (Å²) in [4.78, 5) is 14.3. The van der Waals surface area contributed by atoms with E-state index in [2.05, 4.69) is 223 Å². The Morgan fingerprint density at radius 2 is 1.27 bits per heavy atom. The fourth-order valence-electron chi connectivity index (χ4n) is 10.3. The van der Waals surface area contributed by atoms with Gasteiger partial charge in [0.05, 0.1) is 28.3 Å². The summed E-state index contributed by atoms with van der Waals surface area (Å²) in [6.07, 6.45) is 1.72. The second-order valence-corrected chi connectivity index (χ2v) is 22.1. The number of aryl methyl sites for hydroxylation is 1. The maximum absolute atomic E-state index is 7.35. The molecule has 3 aromatic heterocycles. The van der Waals surface area contributed by atoms with Crippen LogP contribution < -0.4 is 0 Å². The van der Waals surface area contributed by atoms with E-state index >= 15 is 0 Å². The number of imidazole rings is 1. The van der Waals surface area contributed by atoms with Crippen LogP contribution in [0.15, 0.2) is 168 Å². The first-order chi connectivity index (χ1) is 36.2. The van der Waals surface area contributed by atoms with Crippen LogP contribution in [0.2, 0.25) is 0 Å². The van der Waals surface area contributed by atoms with Crippen LogP contribution in [0.25, 0.3) is 105 Å². The zero-order valence-corrected chi connectivity index (χ0v) is 46.2. The Balaban J connectivity index is 0.000000271. The molecule has 0 unspecified atom stereocenters. The molecule has 371 valence electrons. The maximum Gasteiger partial charge on any atom is 0.121 e. The normalized spacial score (nSPS) is 12.9. The first-order valence-electron chi connectivity index (χ1n) is 27.0. The molecular weight excluding hydrogens is 1080 g/mol. The molecule has 0 aliphatic carbocycles. The SMILES string of the molecule is CC(C)c1cc(-c2ccc(C(C)(C)C)cc2)cc(C(C)C)c1-n1c(-c2[c-]ccc3c2oc2cc4c(ccc5ccccc54)cc23)nc2ccc3ccccc3c21.[2H]C([2H])([2H])c1c[c-]c(-c2nccc(C(C)(C)C)n2)cc1.[Ir]. The molecule has 1 radical (unpaired) electrons. The van der Waals surface area contributed by atoms with Crippen molar-refractivity contribution in [1.29, 1.82) is 0 Å². The van der Waals surface area contributed by atoms with Crippen molar-refractivity contribution in [2.45, 2.75) is 98.8 Å². The van der Waals surface area contributed by atoms with Gasteiger partial charge in [-0.15, -0.1) is 53.6 Å². The first kappa shape index (κ1) is 46.5. The number of nitrogens with zero attached hydrogens (tertiary/aromatic N) is 4. The molecule has 0 spiro atoms. The zero-order valence-electron chi connectivity index (χ0n) is 46.8. The summed E-state index contributed by atoms with van der Waals surface area (Å²) in [5, 5.41) is 9.35. The third-order valence-corrected chi connectivity index (χ3v) is 14.3. The number of rotatable bonds is 6. The van der Waals surface area contributed by atoms with Crippen LogP contribution in [-0.2, 0) is 30.9 Å². The minimum absolute atomic E-state index is 0. The molecule has 0 atom stereocenters. The molecule has 0 N–H and O–H groups in total. The van der Waals surface area contributed by atoms with Crippen LogP contribution in [-0.4, -0.2) is 19.5 Å². The molecule has 0 saturated carbocycles. The summed E-state index contributed by atoms with van der Waals surface area (Å²) in [5.41, 5.74) is 14.1. The van der Waals surface area contributed by atoms with Crippen molar-refractivity contribution >= 4 is 65.3 Å². The van der Waals surface area contributed by atoms with E-state index in [-0.39, 0.29) is 48.3 Å². The van der Waals surface area contributed by atoms with Crippen molar-refractivity contribution in [1.82, 2.24) is 19.5 Å². The van der Waals surface area contributed by atoms with Gasteiger partial charge in [0.2, 0.25) is 0 Å². The van der Waals surface area contributed by atoms with Gasteiger partial charge in [-0.2, -0.15) is 0 Å². The summed E-state index contributed by atoms with van der Waals surface area (Å²) in [6.45, 7) is 20.2. The maximum atomic E-state index is 7.35. The number of hydrogen-bond acceptors (Lipinski definition) is 4. The predicted octanol–water partition coefficient (Wildman–Crippen LogP) is 18.6. The molecule has 12 aromatic rings. The fourth-order valence-corrected chi connectivity index (χ4v) is 10.3. The van der Waals surface area contributed by atoms with Crippen molar-refractivity contribution in [2.24, 2.45) is 0 Å². The van der Waals surface area contributed by atoms with Gasteiger partial charge in [0.25, 0.3) is 0 Å². The number of benzene rings is 9. The smallest absolute Gasteiger partial charge is 0.121 e. The second kappa shape index (κ2) is 19.6. The number of furan rings is 1. The molecule has 0 saturated heterocycles. The molecule has 0 amide bonds. The van der Waals surface area contributed by atoms with Crippen molar-refractivity contribution < 1.29 is 28.6 Å². The summed E-state index contributed by atoms with van der Waals surface area (Å²) in [5.74, 6) is 1.88. The van der Waals surface area contributed by atoms with Crippen LogP contribution in [0, 0.1) is 19.0 Å². The average Bonchev–Trinajstić information content (AvgIpc) is 4.02. The number of fused-ring (bicyclic) bond motifs is 9. The molecule has 12 rings (SSSR count). The molecular formula is C68H62IrN4O-2. The zero-order chi connectivity index (χ0) is 53.4. The van der Waals surface area contributed by atoms with Crippen LogP contribution in [0.4, 0.5) is 0 Å². The van der Waals surface area contributed by atoms with E-state index in [4.69, 9.17) is 13.5 Å². The van der Waals surface area contributed by atoms with E-state index < -0.39 is 6.85 Å². The van der Waals surface area contributed by atoms with Gasteiger partial charge in [0.15, 0.2) is 0 Å². The van der Waals surface area contributed by atoms with Gasteiger partial charge in [-0.1, -0.05) is 178 Å². The monoisotopic (exact) mass is 1150 g/mol. The van der Waals surface area contributed by atoms with Gasteiger partial charge in [-0.3, -0.25) is 15.0 Å². The third kappa shape index (κ3) is 9.24. The van der Waals surface area contributed by atoms with Gasteiger partial charge in [-0.05, 0) is 108 Å². The summed E-state index contributed by atoms with van der Waals surface area (Å²) < 4.78 is 31.4. The topological polar surface area (TPSA) is 56.7 Å². The van der Waals surface area contributed by atoms with Gasteiger partial charge in [0.1, 0.15) is 5.58 Å². The van der Waals surface area contributed by atoms with Crippen molar-refractivity contribution in [3.05, 3.63) is 204 Å². The standard InChI is InChI=1S/C53H45N2O.C15H17N2.Ir/c1-31(2)43-28-37(33-21-24-38(25-22-33)53(5,6)7)29-44(32(3)4)49(43)55-50-40-16-11-9-14-35(40)23-26-47(50)54-52(55)42-18-12-17-41-46-27-36-20-19-34-13-8-10-15-39(34)45(36)30-48(46)56-51(41)42;1-11-5-7-12(8-6-11)14-16-10-9-13(17-14)15(2,3)4;/h8-17,19-32H,1-7H3;5-7,9-10H,1-4H3;/q2*-1;/i;1D3;. The Kier molecular flexibility index (Phi) is 12.3. The Bertz CT molecular complexity index is 4140. The summed E-state index contributed by atoms with van der Waals surface area (Å²) in [7, 11) is 0. The Hall–Kier alpha value is -7.24. The number of hydrogen-bond donors (Lipinski definition) is 0. The van der Waals surface area contributed by atoms with E-state index in [9.17, 15) is 0 Å². The van der Waals surface area contributed by atoms with E-state index in [0.29, 0.717) is 11.4 Å². The molecule has 0 aliphatic rings. The third-order valence-electron chi connectivity index (χ3n) is 14.3. The van der Waals surface area contributed by atoms with Crippen LogP contribution in [0.5, 0.6) is 0 Å². The molecule has 6 heteroatoms. The Labute approximate surface area is 453 Å². The fraction of sp³-hybridized carbons (Fsp3) is 0.221. The Morgan fingerprint density at radius 1 is 0.595 bits per heavy atom. The van der Waals surface area contributed by atoms with Crippen molar-refractivity contribution in [3.63, 3.8) is 0 Å². The van der Waals surface area contributed by atoms with E-state index in [0.717, 1.165) is 50.1 Å². The minimum Gasteiger partial charge on any atom is -0.501 e. The van der Waals surface area contributed by atoms with Crippen LogP contribution >= 0.6 is 0 Å². The van der Waals surface area contributed by atoms with Gasteiger partial charge in [-0.25, -0.2) is 0 Å². The van der Waals surface area contributed by atoms with Crippen LogP contribution in [0.3, 0.4) is 0 Å². The van der Waals surface area contributed by atoms with E-state index in [1.54, 1.807) is 18.3 Å². The molecule has 74 heavy (non-hydrogen) atoms. The molecule has 0 bridgehead atoms. The predicted molar refractivity (Wildman–Crippen MR) is 307 cm³/mol. The van der Waals surface area contributed by atoms with Gasteiger partial charge in [0, 0.05) is 58.0 Å². The van der Waals surface area contributed by atoms with Gasteiger partial charge >= 0.3 is 0 Å². The van der Waals surface area contributed by atoms with Crippen LogP contribution in [0.1, 0.15) is 113 Å². The molecule has 3 heterocycles. The van der Waals surface area contributed by atoms with Gasteiger partial charge < -0.3 is 8.98 Å². The summed E-state index contributed by atoms with van der Waals surface area (Å²) >= 11 is 0. The van der Waals surface area contributed by atoms with E-state index in [1.165, 1.54) is 71.9 Å². The summed E-state index contributed by atoms with van der Waals surface area (Å²) in [6, 6.07) is 62.0.